The minimum atomic E-state index is -4.64. The topological polar surface area (TPSA) is 46.9 Å². The number of aromatic nitrogens is 2. The number of halogens is 5. The summed E-state index contributed by atoms with van der Waals surface area (Å²) >= 11 is 0.816. The molecule has 0 aliphatic heterocycles. The summed E-state index contributed by atoms with van der Waals surface area (Å²) in [6, 6.07) is 3.84. The van der Waals surface area contributed by atoms with Gasteiger partial charge in [0.25, 0.3) is 5.91 Å². The third kappa shape index (κ3) is 2.84. The number of carbonyl (C=O) groups excluding carboxylic acids is 1. The zero-order valence-electron chi connectivity index (χ0n) is 11.9. The number of amides is 1. The number of hydrogen-bond donors (Lipinski definition) is 1. The number of hydrogen-bond acceptors (Lipinski definition) is 3. The Morgan fingerprint density at radius 3 is 2.54 bits per heavy atom. The van der Waals surface area contributed by atoms with E-state index in [-0.39, 0.29) is 20.8 Å². The molecule has 0 aliphatic rings. The molecule has 0 unspecified atom stereocenters. The molecule has 0 bridgehead atoms. The van der Waals surface area contributed by atoms with E-state index < -0.39 is 29.4 Å². The number of carbonyl (C=O) groups is 1. The second kappa shape index (κ2) is 5.55. The van der Waals surface area contributed by atoms with Gasteiger partial charge in [-0.15, -0.1) is 11.3 Å². The first-order valence-corrected chi connectivity index (χ1v) is 7.28. The number of anilines is 1. The molecule has 2 heterocycles. The lowest BCUT2D eigenvalue weighted by atomic mass is 10.2. The molecule has 1 aromatic carbocycles. The Balaban J connectivity index is 1.94. The zero-order chi connectivity index (χ0) is 17.6. The monoisotopic (exact) mass is 361 g/mol. The van der Waals surface area contributed by atoms with E-state index in [0.717, 1.165) is 40.3 Å². The summed E-state index contributed by atoms with van der Waals surface area (Å²) in [5.74, 6) is -2.95. The highest BCUT2D eigenvalue weighted by Gasteiger charge is 2.37. The second-order valence-electron chi connectivity index (χ2n) is 4.88. The fourth-order valence-corrected chi connectivity index (χ4v) is 3.10. The predicted octanol–water partition coefficient (Wildman–Crippen LogP) is 4.18. The summed E-state index contributed by atoms with van der Waals surface area (Å²) in [6.45, 7) is 0. The fourth-order valence-electron chi connectivity index (χ4n) is 2.13. The number of fused-ring (bicyclic) bond motifs is 1. The molecule has 1 amide bonds. The molecule has 0 radical (unpaired) electrons. The first kappa shape index (κ1) is 16.4. The number of thiophene rings is 1. The summed E-state index contributed by atoms with van der Waals surface area (Å²) in [4.78, 5) is 12.3. The number of nitrogens with zero attached hydrogens (tertiary/aromatic N) is 2. The van der Waals surface area contributed by atoms with Crippen LogP contribution in [0.15, 0.2) is 24.3 Å². The van der Waals surface area contributed by atoms with Gasteiger partial charge in [-0.2, -0.15) is 18.3 Å². The SMILES string of the molecule is Cn1nc(C(F)(F)F)c2cc(C(=O)Nc3ccc(F)c(F)c3)sc21. The number of nitrogens with one attached hydrogen (secondary N) is 1. The highest BCUT2D eigenvalue weighted by atomic mass is 32.1. The molecule has 0 saturated carbocycles. The van der Waals surface area contributed by atoms with E-state index in [0.29, 0.717) is 0 Å². The number of alkyl halides is 3. The third-order valence-corrected chi connectivity index (χ3v) is 4.38. The van der Waals surface area contributed by atoms with Gasteiger partial charge in [0.1, 0.15) is 4.83 Å². The van der Waals surface area contributed by atoms with Crippen molar-refractivity contribution in [3.05, 3.63) is 46.5 Å². The quantitative estimate of drug-likeness (QED) is 0.696. The van der Waals surface area contributed by atoms with E-state index in [4.69, 9.17) is 0 Å². The number of rotatable bonds is 2. The highest BCUT2D eigenvalue weighted by molar-refractivity contribution is 7.20. The van der Waals surface area contributed by atoms with Gasteiger partial charge in [-0.3, -0.25) is 9.48 Å². The normalized spacial score (nSPS) is 11.9. The van der Waals surface area contributed by atoms with E-state index >= 15 is 0 Å². The van der Waals surface area contributed by atoms with E-state index in [9.17, 15) is 26.7 Å². The molecule has 1 N–H and O–H groups in total. The van der Waals surface area contributed by atoms with Gasteiger partial charge in [-0.05, 0) is 18.2 Å². The van der Waals surface area contributed by atoms with Crippen molar-refractivity contribution in [3.8, 4) is 0 Å². The molecule has 2 aromatic heterocycles. The average Bonchev–Trinajstić information content (AvgIpc) is 3.03. The lowest BCUT2D eigenvalue weighted by Gasteiger charge is -2.04. The maximum absolute atomic E-state index is 13.1. The Hall–Kier alpha value is -2.49. The number of aryl methyl sites for hydroxylation is 1. The summed E-state index contributed by atoms with van der Waals surface area (Å²) in [6.07, 6.45) is -4.64. The maximum atomic E-state index is 13.1. The summed E-state index contributed by atoms with van der Waals surface area (Å²) < 4.78 is 65.8. The Morgan fingerprint density at radius 2 is 1.92 bits per heavy atom. The van der Waals surface area contributed by atoms with Crippen molar-refractivity contribution >= 4 is 33.1 Å². The van der Waals surface area contributed by atoms with Gasteiger partial charge in [0, 0.05) is 24.2 Å². The van der Waals surface area contributed by atoms with Crippen LogP contribution in [0.1, 0.15) is 15.4 Å². The molecular weight excluding hydrogens is 353 g/mol. The molecule has 0 aliphatic carbocycles. The van der Waals surface area contributed by atoms with Crippen LogP contribution < -0.4 is 5.32 Å². The largest absolute Gasteiger partial charge is 0.435 e. The van der Waals surface area contributed by atoms with Crippen LogP contribution in [0, 0.1) is 11.6 Å². The van der Waals surface area contributed by atoms with Crippen LogP contribution in [0.4, 0.5) is 27.6 Å². The molecule has 0 saturated heterocycles. The average molecular weight is 361 g/mol. The van der Waals surface area contributed by atoms with Crippen LogP contribution in [0.3, 0.4) is 0 Å². The van der Waals surface area contributed by atoms with Crippen LogP contribution in [0.2, 0.25) is 0 Å². The Kier molecular flexibility index (Phi) is 3.78. The minimum Gasteiger partial charge on any atom is -0.321 e. The Labute approximate surface area is 135 Å². The smallest absolute Gasteiger partial charge is 0.321 e. The molecule has 10 heteroatoms. The van der Waals surface area contributed by atoms with Gasteiger partial charge >= 0.3 is 6.18 Å². The van der Waals surface area contributed by atoms with Gasteiger partial charge < -0.3 is 5.32 Å². The van der Waals surface area contributed by atoms with Gasteiger partial charge in [0.15, 0.2) is 17.3 Å². The van der Waals surface area contributed by atoms with E-state index in [2.05, 4.69) is 10.4 Å². The fraction of sp³-hybridized carbons (Fsp3) is 0.143. The minimum absolute atomic E-state index is 0.00627. The molecule has 24 heavy (non-hydrogen) atoms. The molecule has 0 spiro atoms. The van der Waals surface area contributed by atoms with E-state index in [1.165, 1.54) is 7.05 Å². The first-order valence-electron chi connectivity index (χ1n) is 6.47. The zero-order valence-corrected chi connectivity index (χ0v) is 12.7. The van der Waals surface area contributed by atoms with Crippen molar-refractivity contribution < 1.29 is 26.7 Å². The lowest BCUT2D eigenvalue weighted by Crippen LogP contribution is -2.11. The van der Waals surface area contributed by atoms with Crippen molar-refractivity contribution in [1.82, 2.24) is 9.78 Å². The van der Waals surface area contributed by atoms with E-state index in [1.807, 2.05) is 0 Å². The molecular formula is C14H8F5N3OS. The maximum Gasteiger partial charge on any atom is 0.435 e. The standard InChI is InChI=1S/C14H8F5N3OS/c1-22-13-7(11(21-22)14(17,18)19)5-10(24-13)12(23)20-6-2-3-8(15)9(16)4-6/h2-5H,1H3,(H,20,23). The van der Waals surface area contributed by atoms with Gasteiger partial charge in [0.05, 0.1) is 4.88 Å². The number of benzene rings is 1. The van der Waals surface area contributed by atoms with Crippen LogP contribution in [-0.2, 0) is 13.2 Å². The van der Waals surface area contributed by atoms with Crippen molar-refractivity contribution in [2.45, 2.75) is 6.18 Å². The molecule has 4 nitrogen and oxygen atoms in total. The predicted molar refractivity (Wildman–Crippen MR) is 77.9 cm³/mol. The van der Waals surface area contributed by atoms with Gasteiger partial charge in [0.2, 0.25) is 0 Å². The summed E-state index contributed by atoms with van der Waals surface area (Å²) in [7, 11) is 1.34. The third-order valence-electron chi connectivity index (χ3n) is 3.18. The van der Waals surface area contributed by atoms with Crippen LogP contribution in [0.25, 0.3) is 10.2 Å². The lowest BCUT2D eigenvalue weighted by molar-refractivity contribution is -0.140. The molecule has 126 valence electrons. The molecule has 0 atom stereocenters. The van der Waals surface area contributed by atoms with E-state index in [1.54, 1.807) is 0 Å². The van der Waals surface area contributed by atoms with Crippen LogP contribution in [-0.4, -0.2) is 15.7 Å². The first-order chi connectivity index (χ1) is 11.2. The second-order valence-corrected chi connectivity index (χ2v) is 5.91. The molecule has 3 aromatic rings. The Morgan fingerprint density at radius 1 is 1.21 bits per heavy atom. The molecule has 0 fully saturated rings. The van der Waals surface area contributed by atoms with Crippen molar-refractivity contribution in [2.24, 2.45) is 7.05 Å². The van der Waals surface area contributed by atoms with Crippen LogP contribution in [0.5, 0.6) is 0 Å². The van der Waals surface area contributed by atoms with Gasteiger partial charge in [-0.25, -0.2) is 8.78 Å². The Bertz CT molecular complexity index is 944. The van der Waals surface area contributed by atoms with Crippen molar-refractivity contribution in [2.75, 3.05) is 5.32 Å². The van der Waals surface area contributed by atoms with Crippen molar-refractivity contribution in [1.29, 1.82) is 0 Å². The summed E-state index contributed by atoms with van der Waals surface area (Å²) in [5.41, 5.74) is -1.09. The highest BCUT2D eigenvalue weighted by Crippen LogP contribution is 2.37. The van der Waals surface area contributed by atoms with Crippen molar-refractivity contribution in [3.63, 3.8) is 0 Å². The van der Waals surface area contributed by atoms with Crippen LogP contribution >= 0.6 is 11.3 Å². The van der Waals surface area contributed by atoms with Gasteiger partial charge in [-0.1, -0.05) is 0 Å². The summed E-state index contributed by atoms with van der Waals surface area (Å²) in [5, 5.41) is 5.53. The molecule has 3 rings (SSSR count).